The van der Waals surface area contributed by atoms with Gasteiger partial charge in [-0.15, -0.1) is 0 Å². The number of hydrogen-bond acceptors (Lipinski definition) is 2. The highest BCUT2D eigenvalue weighted by atomic mass is 16.3. The maximum Gasteiger partial charge on any atom is 0.0799 e. The average molecular weight is 185 g/mol. The van der Waals surface area contributed by atoms with Gasteiger partial charge < -0.3 is 5.11 Å². The van der Waals surface area contributed by atoms with Gasteiger partial charge in [0.15, 0.2) is 0 Å². The van der Waals surface area contributed by atoms with Gasteiger partial charge in [0.2, 0.25) is 0 Å². The van der Waals surface area contributed by atoms with Crippen LogP contribution in [0.1, 0.15) is 47.0 Å². The minimum absolute atomic E-state index is 0.00347. The Bertz CT molecular complexity index is 175. The molecule has 0 spiro atoms. The summed E-state index contributed by atoms with van der Waals surface area (Å²) in [7, 11) is 0. The summed E-state index contributed by atoms with van der Waals surface area (Å²) in [6.07, 6.45) is 3.22. The van der Waals surface area contributed by atoms with Gasteiger partial charge in [-0.3, -0.25) is 4.90 Å². The number of rotatable bonds is 3. The Hall–Kier alpha value is -0.0800. The first-order valence-electron chi connectivity index (χ1n) is 5.45. The van der Waals surface area contributed by atoms with E-state index in [0.717, 1.165) is 32.4 Å². The molecule has 0 saturated heterocycles. The Labute approximate surface area is 81.9 Å². The van der Waals surface area contributed by atoms with Gasteiger partial charge in [-0.25, -0.2) is 0 Å². The third-order valence-electron chi connectivity index (χ3n) is 3.95. The predicted molar refractivity (Wildman–Crippen MR) is 55.8 cm³/mol. The minimum atomic E-state index is -0.501. The van der Waals surface area contributed by atoms with Crippen molar-refractivity contribution in [2.75, 3.05) is 13.1 Å². The lowest BCUT2D eigenvalue weighted by molar-refractivity contribution is -0.0691. The lowest BCUT2D eigenvalue weighted by Gasteiger charge is -2.45. The van der Waals surface area contributed by atoms with E-state index in [1.54, 1.807) is 0 Å². The molecule has 1 saturated carbocycles. The first-order chi connectivity index (χ1) is 5.98. The van der Waals surface area contributed by atoms with Crippen molar-refractivity contribution in [3.63, 3.8) is 0 Å². The maximum atomic E-state index is 10.3. The van der Waals surface area contributed by atoms with Crippen LogP contribution in [-0.4, -0.2) is 34.2 Å². The van der Waals surface area contributed by atoms with E-state index in [4.69, 9.17) is 0 Å². The standard InChI is InChI=1S/C11H23NO/c1-5-12(6-2)10(3)8-7-9-11(10,4)13/h13H,5-9H2,1-4H3. The van der Waals surface area contributed by atoms with Crippen LogP contribution < -0.4 is 0 Å². The number of likely N-dealkylation sites (N-methyl/N-ethyl adjacent to an activating group) is 1. The van der Waals surface area contributed by atoms with E-state index < -0.39 is 5.60 Å². The van der Waals surface area contributed by atoms with Gasteiger partial charge in [-0.2, -0.15) is 0 Å². The lowest BCUT2D eigenvalue weighted by atomic mass is 9.84. The molecular formula is C11H23NO. The summed E-state index contributed by atoms with van der Waals surface area (Å²) in [6.45, 7) is 10.6. The molecule has 0 radical (unpaired) electrons. The van der Waals surface area contributed by atoms with Crippen LogP contribution >= 0.6 is 0 Å². The van der Waals surface area contributed by atoms with Crippen LogP contribution in [0.15, 0.2) is 0 Å². The van der Waals surface area contributed by atoms with Crippen molar-refractivity contribution in [1.29, 1.82) is 0 Å². The largest absolute Gasteiger partial charge is 0.388 e. The van der Waals surface area contributed by atoms with Crippen molar-refractivity contribution in [1.82, 2.24) is 4.90 Å². The fourth-order valence-corrected chi connectivity index (χ4v) is 2.74. The molecule has 0 amide bonds. The second kappa shape index (κ2) is 3.58. The van der Waals surface area contributed by atoms with Crippen LogP contribution in [0.2, 0.25) is 0 Å². The van der Waals surface area contributed by atoms with Crippen LogP contribution in [0.25, 0.3) is 0 Å². The molecule has 2 atom stereocenters. The van der Waals surface area contributed by atoms with Gasteiger partial charge in [0.1, 0.15) is 0 Å². The van der Waals surface area contributed by atoms with E-state index in [0.29, 0.717) is 0 Å². The predicted octanol–water partition coefficient (Wildman–Crippen LogP) is 2.02. The molecule has 2 nitrogen and oxygen atoms in total. The molecule has 0 aromatic heterocycles. The third-order valence-corrected chi connectivity index (χ3v) is 3.95. The second-order valence-corrected chi connectivity index (χ2v) is 4.57. The number of aliphatic hydroxyl groups is 1. The molecule has 1 aliphatic rings. The third kappa shape index (κ3) is 1.62. The van der Waals surface area contributed by atoms with E-state index in [2.05, 4.69) is 25.7 Å². The van der Waals surface area contributed by atoms with E-state index in [1.165, 1.54) is 0 Å². The van der Waals surface area contributed by atoms with Crippen molar-refractivity contribution in [2.45, 2.75) is 58.1 Å². The van der Waals surface area contributed by atoms with E-state index in [-0.39, 0.29) is 5.54 Å². The van der Waals surface area contributed by atoms with Crippen LogP contribution in [0.4, 0.5) is 0 Å². The molecule has 78 valence electrons. The molecule has 1 aliphatic carbocycles. The topological polar surface area (TPSA) is 23.5 Å². The Kier molecular flexibility index (Phi) is 3.03. The summed E-state index contributed by atoms with van der Waals surface area (Å²) < 4.78 is 0. The SMILES string of the molecule is CCN(CC)C1(C)CCCC1(C)O. The van der Waals surface area contributed by atoms with Gasteiger partial charge in [0, 0.05) is 5.54 Å². The summed E-state index contributed by atoms with van der Waals surface area (Å²) in [6, 6.07) is 0. The van der Waals surface area contributed by atoms with Crippen LogP contribution in [0.3, 0.4) is 0 Å². The zero-order valence-corrected chi connectivity index (χ0v) is 9.43. The number of nitrogens with zero attached hydrogens (tertiary/aromatic N) is 1. The summed E-state index contributed by atoms with van der Waals surface area (Å²) in [5, 5.41) is 10.3. The molecule has 0 heterocycles. The normalized spacial score (nSPS) is 40.2. The maximum absolute atomic E-state index is 10.3. The van der Waals surface area contributed by atoms with Crippen molar-refractivity contribution in [2.24, 2.45) is 0 Å². The van der Waals surface area contributed by atoms with Gasteiger partial charge >= 0.3 is 0 Å². The van der Waals surface area contributed by atoms with Gasteiger partial charge in [0.05, 0.1) is 5.60 Å². The van der Waals surface area contributed by atoms with Gasteiger partial charge in [-0.1, -0.05) is 13.8 Å². The second-order valence-electron chi connectivity index (χ2n) is 4.57. The zero-order chi connectivity index (χ0) is 10.1. The Morgan fingerprint density at radius 3 is 2.00 bits per heavy atom. The van der Waals surface area contributed by atoms with Crippen molar-refractivity contribution in [3.8, 4) is 0 Å². The molecule has 0 bridgehead atoms. The van der Waals surface area contributed by atoms with Crippen molar-refractivity contribution < 1.29 is 5.11 Å². The van der Waals surface area contributed by atoms with E-state index in [9.17, 15) is 5.11 Å². The Morgan fingerprint density at radius 2 is 1.69 bits per heavy atom. The fraction of sp³-hybridized carbons (Fsp3) is 1.00. The van der Waals surface area contributed by atoms with Crippen LogP contribution in [-0.2, 0) is 0 Å². The first-order valence-corrected chi connectivity index (χ1v) is 5.45. The molecule has 13 heavy (non-hydrogen) atoms. The molecular weight excluding hydrogens is 162 g/mol. The van der Waals surface area contributed by atoms with E-state index in [1.807, 2.05) is 6.92 Å². The highest BCUT2D eigenvalue weighted by Gasteiger charge is 2.49. The molecule has 1 rings (SSSR count). The lowest BCUT2D eigenvalue weighted by Crippen LogP contribution is -2.57. The molecule has 2 heteroatoms. The van der Waals surface area contributed by atoms with Gasteiger partial charge in [0.25, 0.3) is 0 Å². The van der Waals surface area contributed by atoms with Crippen molar-refractivity contribution >= 4 is 0 Å². The van der Waals surface area contributed by atoms with Crippen LogP contribution in [0.5, 0.6) is 0 Å². The fourth-order valence-electron chi connectivity index (χ4n) is 2.74. The Morgan fingerprint density at radius 1 is 1.15 bits per heavy atom. The van der Waals surface area contributed by atoms with Crippen LogP contribution in [0, 0.1) is 0 Å². The minimum Gasteiger partial charge on any atom is -0.388 e. The quantitative estimate of drug-likeness (QED) is 0.727. The zero-order valence-electron chi connectivity index (χ0n) is 9.43. The molecule has 0 aliphatic heterocycles. The number of hydrogen-bond donors (Lipinski definition) is 1. The summed E-state index contributed by atoms with van der Waals surface area (Å²) >= 11 is 0. The summed E-state index contributed by atoms with van der Waals surface area (Å²) in [5.41, 5.74) is -0.504. The van der Waals surface area contributed by atoms with Gasteiger partial charge in [-0.05, 0) is 46.2 Å². The van der Waals surface area contributed by atoms with Crippen molar-refractivity contribution in [3.05, 3.63) is 0 Å². The average Bonchev–Trinajstić information content (AvgIpc) is 2.30. The summed E-state index contributed by atoms with van der Waals surface area (Å²) in [5.74, 6) is 0. The Balaban J connectivity index is 2.84. The first kappa shape index (κ1) is 11.0. The molecule has 1 fully saturated rings. The molecule has 0 aromatic carbocycles. The smallest absolute Gasteiger partial charge is 0.0799 e. The highest BCUT2D eigenvalue weighted by Crippen LogP contribution is 2.42. The summed E-state index contributed by atoms with van der Waals surface area (Å²) in [4.78, 5) is 2.39. The molecule has 1 N–H and O–H groups in total. The molecule has 0 aromatic rings. The highest BCUT2D eigenvalue weighted by molar-refractivity contribution is 5.05. The van der Waals surface area contributed by atoms with E-state index >= 15 is 0 Å². The monoisotopic (exact) mass is 185 g/mol. The molecule has 2 unspecified atom stereocenters.